The van der Waals surface area contributed by atoms with Gasteiger partial charge in [-0.1, -0.05) is 23.5 Å². The Balaban J connectivity index is 1.51. The molecular formula is C18H23N5OS. The monoisotopic (exact) mass is 357 g/mol. The molecule has 1 aliphatic heterocycles. The first kappa shape index (κ1) is 16.4. The van der Waals surface area contributed by atoms with Crippen LogP contribution in [-0.4, -0.2) is 46.2 Å². The summed E-state index contributed by atoms with van der Waals surface area (Å²) in [5, 5.41) is 9.01. The van der Waals surface area contributed by atoms with Gasteiger partial charge in [0.25, 0.3) is 0 Å². The first-order valence-electron chi connectivity index (χ1n) is 8.67. The molecule has 4 rings (SSSR count). The summed E-state index contributed by atoms with van der Waals surface area (Å²) in [6.07, 6.45) is 4.51. The molecule has 1 fully saturated rings. The zero-order valence-corrected chi connectivity index (χ0v) is 15.4. The zero-order valence-electron chi connectivity index (χ0n) is 14.6. The minimum Gasteiger partial charge on any atom is -0.497 e. The van der Waals surface area contributed by atoms with Gasteiger partial charge >= 0.3 is 0 Å². The quantitative estimate of drug-likeness (QED) is 0.733. The minimum absolute atomic E-state index is 0.339. The first-order valence-corrected chi connectivity index (χ1v) is 9.49. The minimum atomic E-state index is 0.339. The van der Waals surface area contributed by atoms with Crippen molar-refractivity contribution in [2.75, 3.05) is 32.1 Å². The maximum absolute atomic E-state index is 5.29. The molecule has 6 nitrogen and oxygen atoms in total. The molecule has 0 bridgehead atoms. The molecule has 1 aromatic carbocycles. The van der Waals surface area contributed by atoms with Gasteiger partial charge in [-0.3, -0.25) is 4.90 Å². The van der Waals surface area contributed by atoms with E-state index < -0.39 is 0 Å². The number of anilines is 1. The second-order valence-electron chi connectivity index (χ2n) is 6.43. The number of hydrogen-bond donors (Lipinski definition) is 1. The molecule has 2 aromatic heterocycles. The van der Waals surface area contributed by atoms with Gasteiger partial charge in [0, 0.05) is 6.54 Å². The lowest BCUT2D eigenvalue weighted by molar-refractivity contribution is 0.256. The van der Waals surface area contributed by atoms with Crippen LogP contribution >= 0.6 is 11.3 Å². The highest BCUT2D eigenvalue weighted by Gasteiger charge is 2.23. The molecule has 0 amide bonds. The smallest absolute Gasteiger partial charge is 0.214 e. The fraction of sp³-hybridized carbons (Fsp3) is 0.444. The predicted octanol–water partition coefficient (Wildman–Crippen LogP) is 3.36. The van der Waals surface area contributed by atoms with Gasteiger partial charge in [0.1, 0.15) is 5.75 Å². The lowest BCUT2D eigenvalue weighted by atomic mass is 10.1. The van der Waals surface area contributed by atoms with E-state index in [2.05, 4.69) is 32.4 Å². The molecule has 25 heavy (non-hydrogen) atoms. The molecule has 1 unspecified atom stereocenters. The van der Waals surface area contributed by atoms with Gasteiger partial charge < -0.3 is 10.1 Å². The summed E-state index contributed by atoms with van der Waals surface area (Å²) in [4.78, 5) is 7.96. The fourth-order valence-corrected chi connectivity index (χ4v) is 4.24. The Hall–Kier alpha value is -2.12. The Morgan fingerprint density at radius 2 is 2.00 bits per heavy atom. The van der Waals surface area contributed by atoms with Crippen molar-refractivity contribution >= 4 is 21.4 Å². The largest absolute Gasteiger partial charge is 0.497 e. The molecule has 1 atom stereocenters. The van der Waals surface area contributed by atoms with Crippen LogP contribution in [0.4, 0.5) is 5.13 Å². The number of nitrogens with zero attached hydrogens (tertiary/aromatic N) is 4. The molecule has 0 saturated carbocycles. The lowest BCUT2D eigenvalue weighted by Crippen LogP contribution is -2.31. The second-order valence-corrected chi connectivity index (χ2v) is 7.39. The summed E-state index contributed by atoms with van der Waals surface area (Å²) < 4.78 is 7.14. The van der Waals surface area contributed by atoms with Crippen LogP contribution in [0.3, 0.4) is 0 Å². The summed E-state index contributed by atoms with van der Waals surface area (Å²) >= 11 is 1.60. The van der Waals surface area contributed by atoms with E-state index in [0.717, 1.165) is 41.2 Å². The van der Waals surface area contributed by atoms with Crippen LogP contribution < -0.4 is 10.1 Å². The van der Waals surface area contributed by atoms with Crippen molar-refractivity contribution in [3.8, 4) is 5.75 Å². The number of hydrogen-bond acceptors (Lipinski definition) is 6. The average molecular weight is 357 g/mol. The summed E-state index contributed by atoms with van der Waals surface area (Å²) in [5.74, 6) is 0.897. The Bertz CT molecular complexity index is 803. The number of imidazole rings is 1. The number of fused-ring (bicyclic) bond motifs is 1. The Labute approximate surface area is 151 Å². The van der Waals surface area contributed by atoms with E-state index in [4.69, 9.17) is 4.74 Å². The fourth-order valence-electron chi connectivity index (χ4n) is 3.40. The molecule has 0 aliphatic carbocycles. The number of aromatic nitrogens is 3. The van der Waals surface area contributed by atoms with E-state index >= 15 is 0 Å². The van der Waals surface area contributed by atoms with E-state index in [1.165, 1.54) is 18.4 Å². The van der Waals surface area contributed by atoms with Crippen molar-refractivity contribution in [2.45, 2.75) is 25.8 Å². The molecule has 0 spiro atoms. The second kappa shape index (κ2) is 7.01. The van der Waals surface area contributed by atoms with Crippen LogP contribution in [-0.2, 0) is 0 Å². The van der Waals surface area contributed by atoms with Crippen molar-refractivity contribution in [1.29, 1.82) is 0 Å². The van der Waals surface area contributed by atoms with E-state index in [0.29, 0.717) is 6.04 Å². The van der Waals surface area contributed by atoms with Crippen LogP contribution in [0.25, 0.3) is 4.96 Å². The number of methoxy groups -OCH3 is 1. The Morgan fingerprint density at radius 1 is 1.24 bits per heavy atom. The van der Waals surface area contributed by atoms with Gasteiger partial charge in [0.15, 0.2) is 0 Å². The SMILES string of the molecule is COc1ccc(C(CNc2nn3cc(C)nc3s2)N2CCCC2)cc1. The molecule has 3 heterocycles. The first-order chi connectivity index (χ1) is 12.2. The van der Waals surface area contributed by atoms with E-state index in [1.807, 2.05) is 29.8 Å². The maximum Gasteiger partial charge on any atom is 0.214 e. The third kappa shape index (κ3) is 3.48. The summed E-state index contributed by atoms with van der Waals surface area (Å²) in [5.41, 5.74) is 2.31. The zero-order chi connectivity index (χ0) is 17.2. The van der Waals surface area contributed by atoms with Crippen LogP contribution in [0.2, 0.25) is 0 Å². The Kier molecular flexibility index (Phi) is 4.59. The van der Waals surface area contributed by atoms with Gasteiger partial charge in [-0.2, -0.15) is 0 Å². The molecule has 1 aliphatic rings. The van der Waals surface area contributed by atoms with Crippen molar-refractivity contribution < 1.29 is 4.74 Å². The number of likely N-dealkylation sites (tertiary alicyclic amines) is 1. The maximum atomic E-state index is 5.29. The van der Waals surface area contributed by atoms with Gasteiger partial charge in [-0.15, -0.1) is 5.10 Å². The molecule has 1 N–H and O–H groups in total. The van der Waals surface area contributed by atoms with Gasteiger partial charge in [-0.25, -0.2) is 9.50 Å². The van der Waals surface area contributed by atoms with Crippen LogP contribution in [0.5, 0.6) is 5.75 Å². The number of rotatable bonds is 6. The summed E-state index contributed by atoms with van der Waals surface area (Å²) in [7, 11) is 1.70. The van der Waals surface area contributed by atoms with Crippen LogP contribution in [0.1, 0.15) is 30.1 Å². The highest BCUT2D eigenvalue weighted by Crippen LogP contribution is 2.28. The number of aryl methyl sites for hydroxylation is 1. The lowest BCUT2D eigenvalue weighted by Gasteiger charge is -2.28. The highest BCUT2D eigenvalue weighted by molar-refractivity contribution is 7.20. The third-order valence-electron chi connectivity index (χ3n) is 4.69. The molecule has 7 heteroatoms. The number of benzene rings is 1. The summed E-state index contributed by atoms with van der Waals surface area (Å²) in [6.45, 7) is 5.13. The van der Waals surface area contributed by atoms with Crippen molar-refractivity contribution in [3.63, 3.8) is 0 Å². The van der Waals surface area contributed by atoms with E-state index in [9.17, 15) is 0 Å². The predicted molar refractivity (Wildman–Crippen MR) is 101 cm³/mol. The summed E-state index contributed by atoms with van der Waals surface area (Å²) in [6, 6.07) is 8.76. The van der Waals surface area contributed by atoms with Crippen molar-refractivity contribution in [1.82, 2.24) is 19.5 Å². The number of nitrogens with one attached hydrogen (secondary N) is 1. The van der Waals surface area contributed by atoms with Gasteiger partial charge in [-0.05, 0) is 50.6 Å². The average Bonchev–Trinajstić information content (AvgIpc) is 3.32. The van der Waals surface area contributed by atoms with Crippen LogP contribution in [0.15, 0.2) is 30.5 Å². The molecular weight excluding hydrogens is 334 g/mol. The topological polar surface area (TPSA) is 54.7 Å². The molecule has 132 valence electrons. The standard InChI is InChI=1S/C18H23N5OS/c1-13-12-23-18(20-13)25-17(21-23)19-11-16(22-9-3-4-10-22)14-5-7-15(24-2)8-6-14/h5-8,12,16H,3-4,9-11H2,1-2H3,(H,19,21). The van der Waals surface area contributed by atoms with Crippen molar-refractivity contribution in [3.05, 3.63) is 41.7 Å². The molecule has 0 radical (unpaired) electrons. The number of ether oxygens (including phenoxy) is 1. The van der Waals surface area contributed by atoms with Gasteiger partial charge in [0.2, 0.25) is 10.1 Å². The van der Waals surface area contributed by atoms with E-state index in [-0.39, 0.29) is 0 Å². The molecule has 1 saturated heterocycles. The van der Waals surface area contributed by atoms with Gasteiger partial charge in [0.05, 0.1) is 25.0 Å². The van der Waals surface area contributed by atoms with E-state index in [1.54, 1.807) is 18.4 Å². The Morgan fingerprint density at radius 3 is 2.68 bits per heavy atom. The van der Waals surface area contributed by atoms with Crippen LogP contribution in [0, 0.1) is 6.92 Å². The normalized spacial score (nSPS) is 16.4. The van der Waals surface area contributed by atoms with Crippen molar-refractivity contribution in [2.24, 2.45) is 0 Å². The highest BCUT2D eigenvalue weighted by atomic mass is 32.1. The molecule has 3 aromatic rings. The third-order valence-corrected chi connectivity index (χ3v) is 5.57.